The van der Waals surface area contributed by atoms with Gasteiger partial charge in [0.05, 0.1) is 18.3 Å². The summed E-state index contributed by atoms with van der Waals surface area (Å²) >= 11 is 0. The quantitative estimate of drug-likeness (QED) is 0.922. The van der Waals surface area contributed by atoms with Crippen molar-refractivity contribution in [2.24, 2.45) is 0 Å². The van der Waals surface area contributed by atoms with E-state index < -0.39 is 17.7 Å². The number of benzene rings is 1. The number of β-amino-alcohol motifs (C(OH)–C–C–N with tert-alkyl or cyclic N) is 1. The van der Waals surface area contributed by atoms with Gasteiger partial charge in [-0.25, -0.2) is 8.78 Å². The van der Waals surface area contributed by atoms with E-state index in [1.807, 2.05) is 6.92 Å². The summed E-state index contributed by atoms with van der Waals surface area (Å²) in [5.74, 6) is -1.34. The Labute approximate surface area is 118 Å². The molecule has 1 saturated heterocycles. The number of nitrogens with zero attached hydrogens (tertiary/aromatic N) is 1. The molecule has 0 aliphatic carbocycles. The van der Waals surface area contributed by atoms with Gasteiger partial charge in [-0.3, -0.25) is 4.90 Å². The summed E-state index contributed by atoms with van der Waals surface area (Å²) in [6.07, 6.45) is 0.184. The number of rotatable bonds is 4. The molecule has 0 amide bonds. The Morgan fingerprint density at radius 1 is 1.40 bits per heavy atom. The molecule has 1 N–H and O–H groups in total. The number of aliphatic hydroxyl groups is 1. The van der Waals surface area contributed by atoms with Crippen LogP contribution in [0.15, 0.2) is 18.2 Å². The van der Waals surface area contributed by atoms with Gasteiger partial charge in [0, 0.05) is 31.3 Å². The Bertz CT molecular complexity index is 455. The molecule has 3 nitrogen and oxygen atoms in total. The van der Waals surface area contributed by atoms with Crippen molar-refractivity contribution in [3.63, 3.8) is 0 Å². The molecule has 0 bridgehead atoms. The van der Waals surface area contributed by atoms with Crippen molar-refractivity contribution >= 4 is 0 Å². The highest BCUT2D eigenvalue weighted by atomic mass is 19.1. The van der Waals surface area contributed by atoms with E-state index in [0.29, 0.717) is 13.1 Å². The third-order valence-corrected chi connectivity index (χ3v) is 3.61. The maximum atomic E-state index is 13.6. The smallest absolute Gasteiger partial charge is 0.131 e. The molecule has 3 atom stereocenters. The first-order chi connectivity index (χ1) is 9.49. The third kappa shape index (κ3) is 3.75. The molecular weight excluding hydrogens is 264 g/mol. The Morgan fingerprint density at radius 3 is 2.80 bits per heavy atom. The van der Waals surface area contributed by atoms with Crippen molar-refractivity contribution < 1.29 is 18.6 Å². The first kappa shape index (κ1) is 15.4. The van der Waals surface area contributed by atoms with E-state index in [1.165, 1.54) is 12.1 Å². The molecule has 112 valence electrons. The normalized spacial score (nSPS) is 25.6. The SMILES string of the molecule is CCC1CN(CC(O)c2ccc(F)cc2F)CC(C)O1. The monoisotopic (exact) mass is 285 g/mol. The lowest BCUT2D eigenvalue weighted by Crippen LogP contribution is -2.47. The van der Waals surface area contributed by atoms with Crippen molar-refractivity contribution in [2.75, 3.05) is 19.6 Å². The highest BCUT2D eigenvalue weighted by Gasteiger charge is 2.26. The summed E-state index contributed by atoms with van der Waals surface area (Å²) in [7, 11) is 0. The molecule has 0 radical (unpaired) electrons. The van der Waals surface area contributed by atoms with Crippen molar-refractivity contribution in [2.45, 2.75) is 38.6 Å². The zero-order valence-electron chi connectivity index (χ0n) is 11.9. The molecule has 2 rings (SSSR count). The van der Waals surface area contributed by atoms with E-state index in [1.54, 1.807) is 0 Å². The van der Waals surface area contributed by atoms with Crippen LogP contribution in [0.4, 0.5) is 8.78 Å². The Kier molecular flexibility index (Phi) is 5.07. The second-order valence-corrected chi connectivity index (χ2v) is 5.38. The minimum Gasteiger partial charge on any atom is -0.387 e. The fourth-order valence-corrected chi connectivity index (χ4v) is 2.63. The van der Waals surface area contributed by atoms with Gasteiger partial charge < -0.3 is 9.84 Å². The first-order valence-electron chi connectivity index (χ1n) is 7.00. The molecule has 1 heterocycles. The zero-order chi connectivity index (χ0) is 14.7. The first-order valence-corrected chi connectivity index (χ1v) is 7.00. The van der Waals surface area contributed by atoms with Crippen LogP contribution in [0.5, 0.6) is 0 Å². The maximum Gasteiger partial charge on any atom is 0.131 e. The molecular formula is C15H21F2NO2. The van der Waals surface area contributed by atoms with Gasteiger partial charge in [-0.15, -0.1) is 0 Å². The summed E-state index contributed by atoms with van der Waals surface area (Å²) in [4.78, 5) is 2.07. The van der Waals surface area contributed by atoms with Crippen LogP contribution >= 0.6 is 0 Å². The second kappa shape index (κ2) is 6.61. The summed E-state index contributed by atoms with van der Waals surface area (Å²) in [6.45, 7) is 5.79. The molecule has 0 saturated carbocycles. The molecule has 0 spiro atoms. The van der Waals surface area contributed by atoms with E-state index in [-0.39, 0.29) is 17.8 Å². The summed E-state index contributed by atoms with van der Waals surface area (Å²) in [6, 6.07) is 3.27. The van der Waals surface area contributed by atoms with E-state index in [0.717, 1.165) is 19.0 Å². The van der Waals surface area contributed by atoms with Crippen LogP contribution in [0.25, 0.3) is 0 Å². The van der Waals surface area contributed by atoms with Crippen LogP contribution in [-0.4, -0.2) is 41.8 Å². The van der Waals surface area contributed by atoms with Gasteiger partial charge in [-0.05, 0) is 19.4 Å². The number of halogens is 2. The van der Waals surface area contributed by atoms with Crippen LogP contribution in [0.1, 0.15) is 31.9 Å². The fraction of sp³-hybridized carbons (Fsp3) is 0.600. The van der Waals surface area contributed by atoms with Gasteiger partial charge in [0.25, 0.3) is 0 Å². The Morgan fingerprint density at radius 2 is 2.15 bits per heavy atom. The van der Waals surface area contributed by atoms with Gasteiger partial charge >= 0.3 is 0 Å². The molecule has 1 aliphatic heterocycles. The van der Waals surface area contributed by atoms with E-state index in [9.17, 15) is 13.9 Å². The minimum atomic E-state index is -0.960. The average Bonchev–Trinajstić information content (AvgIpc) is 2.37. The minimum absolute atomic E-state index is 0.0963. The predicted molar refractivity (Wildman–Crippen MR) is 72.4 cm³/mol. The van der Waals surface area contributed by atoms with Crippen LogP contribution in [-0.2, 0) is 4.74 Å². The average molecular weight is 285 g/mol. The van der Waals surface area contributed by atoms with Gasteiger partial charge in [0.1, 0.15) is 11.6 Å². The van der Waals surface area contributed by atoms with Gasteiger partial charge in [0.2, 0.25) is 0 Å². The predicted octanol–water partition coefficient (Wildman–Crippen LogP) is 2.50. The van der Waals surface area contributed by atoms with Crippen LogP contribution in [0.3, 0.4) is 0 Å². The number of hydrogen-bond donors (Lipinski definition) is 1. The van der Waals surface area contributed by atoms with Crippen LogP contribution in [0, 0.1) is 11.6 Å². The van der Waals surface area contributed by atoms with Crippen molar-refractivity contribution in [1.82, 2.24) is 4.90 Å². The number of aliphatic hydroxyl groups excluding tert-OH is 1. The van der Waals surface area contributed by atoms with Crippen molar-refractivity contribution in [3.05, 3.63) is 35.4 Å². The zero-order valence-corrected chi connectivity index (χ0v) is 11.9. The summed E-state index contributed by atoms with van der Waals surface area (Å²) < 4.78 is 32.2. The van der Waals surface area contributed by atoms with Crippen LogP contribution in [0.2, 0.25) is 0 Å². The summed E-state index contributed by atoms with van der Waals surface area (Å²) in [5.41, 5.74) is 0.138. The van der Waals surface area contributed by atoms with Crippen molar-refractivity contribution in [3.8, 4) is 0 Å². The second-order valence-electron chi connectivity index (χ2n) is 5.38. The Balaban J connectivity index is 2.01. The lowest BCUT2D eigenvalue weighted by atomic mass is 10.1. The number of morpholine rings is 1. The Hall–Kier alpha value is -1.04. The molecule has 20 heavy (non-hydrogen) atoms. The van der Waals surface area contributed by atoms with Gasteiger partial charge in [-0.2, -0.15) is 0 Å². The van der Waals surface area contributed by atoms with E-state index in [2.05, 4.69) is 11.8 Å². The maximum absolute atomic E-state index is 13.6. The largest absolute Gasteiger partial charge is 0.387 e. The molecule has 0 aromatic heterocycles. The standard InChI is InChI=1S/C15H21F2NO2/c1-3-12-8-18(7-10(2)20-12)9-15(19)13-5-4-11(16)6-14(13)17/h4-6,10,12,15,19H,3,7-9H2,1-2H3. The lowest BCUT2D eigenvalue weighted by molar-refractivity contribution is -0.0857. The van der Waals surface area contributed by atoms with E-state index in [4.69, 9.17) is 4.74 Å². The highest BCUT2D eigenvalue weighted by Crippen LogP contribution is 2.21. The number of ether oxygens (including phenoxy) is 1. The van der Waals surface area contributed by atoms with Crippen molar-refractivity contribution in [1.29, 1.82) is 0 Å². The molecule has 1 fully saturated rings. The van der Waals surface area contributed by atoms with Crippen LogP contribution < -0.4 is 0 Å². The molecule has 1 aromatic carbocycles. The fourth-order valence-electron chi connectivity index (χ4n) is 2.63. The molecule has 1 aromatic rings. The molecule has 3 unspecified atom stereocenters. The molecule has 5 heteroatoms. The number of hydrogen-bond acceptors (Lipinski definition) is 3. The van der Waals surface area contributed by atoms with Gasteiger partial charge in [-0.1, -0.05) is 13.0 Å². The highest BCUT2D eigenvalue weighted by molar-refractivity contribution is 5.21. The topological polar surface area (TPSA) is 32.7 Å². The van der Waals surface area contributed by atoms with E-state index >= 15 is 0 Å². The summed E-state index contributed by atoms with van der Waals surface area (Å²) in [5, 5.41) is 10.1. The molecule has 1 aliphatic rings. The lowest BCUT2D eigenvalue weighted by Gasteiger charge is -2.37. The third-order valence-electron chi connectivity index (χ3n) is 3.61. The van der Waals surface area contributed by atoms with Gasteiger partial charge in [0.15, 0.2) is 0 Å².